The molecule has 19 heavy (non-hydrogen) atoms. The van der Waals surface area contributed by atoms with Gasteiger partial charge in [-0.05, 0) is 37.7 Å². The molecule has 0 aromatic heterocycles. The topological polar surface area (TPSA) is 12.0 Å². The number of halogens is 3. The van der Waals surface area contributed by atoms with Gasteiger partial charge in [0.25, 0.3) is 0 Å². The number of hydrogen-bond acceptors (Lipinski definition) is 1. The third-order valence-electron chi connectivity index (χ3n) is 3.03. The van der Waals surface area contributed by atoms with E-state index in [1.807, 2.05) is 6.92 Å². The Bertz CT molecular complexity index is 599. The summed E-state index contributed by atoms with van der Waals surface area (Å²) >= 11 is 5.66. The molecule has 0 fully saturated rings. The van der Waals surface area contributed by atoms with Crippen LogP contribution in [0.1, 0.15) is 22.7 Å². The predicted molar refractivity (Wildman–Crippen MR) is 73.4 cm³/mol. The fraction of sp³-hybridized carbons (Fsp3) is 0.200. The molecule has 0 aliphatic rings. The van der Waals surface area contributed by atoms with E-state index in [-0.39, 0.29) is 10.8 Å². The van der Waals surface area contributed by atoms with Crippen molar-refractivity contribution < 1.29 is 8.78 Å². The fourth-order valence-electron chi connectivity index (χ4n) is 2.08. The highest BCUT2D eigenvalue weighted by Gasteiger charge is 2.17. The first-order valence-electron chi connectivity index (χ1n) is 5.91. The van der Waals surface area contributed by atoms with Gasteiger partial charge in [0.1, 0.15) is 11.6 Å². The molecule has 0 amide bonds. The van der Waals surface area contributed by atoms with E-state index in [2.05, 4.69) is 5.32 Å². The van der Waals surface area contributed by atoms with Crippen molar-refractivity contribution in [3.63, 3.8) is 0 Å². The lowest BCUT2D eigenvalue weighted by Gasteiger charge is -2.18. The fourth-order valence-corrected chi connectivity index (χ4v) is 2.20. The lowest BCUT2D eigenvalue weighted by atomic mass is 9.97. The van der Waals surface area contributed by atoms with E-state index in [0.29, 0.717) is 11.1 Å². The molecule has 1 unspecified atom stereocenters. The van der Waals surface area contributed by atoms with Crippen molar-refractivity contribution >= 4 is 11.6 Å². The summed E-state index contributed by atoms with van der Waals surface area (Å²) in [6.45, 7) is 1.89. The Kier molecular flexibility index (Phi) is 4.17. The molecule has 2 aromatic rings. The van der Waals surface area contributed by atoms with E-state index in [0.717, 1.165) is 5.56 Å². The Labute approximate surface area is 116 Å². The summed E-state index contributed by atoms with van der Waals surface area (Å²) in [5.41, 5.74) is 2.07. The zero-order valence-electron chi connectivity index (χ0n) is 10.7. The number of aryl methyl sites for hydroxylation is 1. The second-order valence-electron chi connectivity index (χ2n) is 4.42. The predicted octanol–water partition coefficient (Wildman–Crippen LogP) is 4.24. The first-order chi connectivity index (χ1) is 9.02. The van der Waals surface area contributed by atoms with E-state index < -0.39 is 11.9 Å². The Morgan fingerprint density at radius 3 is 2.42 bits per heavy atom. The van der Waals surface area contributed by atoms with E-state index >= 15 is 0 Å². The van der Waals surface area contributed by atoms with Gasteiger partial charge in [0.2, 0.25) is 0 Å². The summed E-state index contributed by atoms with van der Waals surface area (Å²) in [5, 5.41) is 3.06. The van der Waals surface area contributed by atoms with Gasteiger partial charge >= 0.3 is 0 Å². The maximum absolute atomic E-state index is 13.9. The standard InChI is InChI=1S/C15H14ClF2N/c1-9-3-6-13(17)11(7-9)15(19-2)10-4-5-12(16)14(18)8-10/h3-8,15,19H,1-2H3. The second-order valence-corrected chi connectivity index (χ2v) is 4.83. The highest BCUT2D eigenvalue weighted by atomic mass is 35.5. The molecule has 0 bridgehead atoms. The maximum Gasteiger partial charge on any atom is 0.142 e. The normalized spacial score (nSPS) is 12.5. The zero-order chi connectivity index (χ0) is 14.0. The van der Waals surface area contributed by atoms with Crippen LogP contribution in [0.25, 0.3) is 0 Å². The summed E-state index contributed by atoms with van der Waals surface area (Å²) in [7, 11) is 1.71. The first-order valence-corrected chi connectivity index (χ1v) is 6.29. The van der Waals surface area contributed by atoms with Crippen LogP contribution in [0.3, 0.4) is 0 Å². The Balaban J connectivity index is 2.49. The van der Waals surface area contributed by atoms with Gasteiger partial charge in [0, 0.05) is 5.56 Å². The van der Waals surface area contributed by atoms with Crippen LogP contribution in [0.4, 0.5) is 8.78 Å². The average molecular weight is 282 g/mol. The quantitative estimate of drug-likeness (QED) is 0.887. The van der Waals surface area contributed by atoms with Crippen molar-refractivity contribution in [2.24, 2.45) is 0 Å². The van der Waals surface area contributed by atoms with E-state index in [1.165, 1.54) is 18.2 Å². The number of nitrogens with one attached hydrogen (secondary N) is 1. The molecule has 1 N–H and O–H groups in total. The van der Waals surface area contributed by atoms with Crippen molar-refractivity contribution in [1.82, 2.24) is 5.32 Å². The third kappa shape index (κ3) is 2.94. The highest BCUT2D eigenvalue weighted by molar-refractivity contribution is 6.30. The molecule has 0 radical (unpaired) electrons. The zero-order valence-corrected chi connectivity index (χ0v) is 11.4. The van der Waals surface area contributed by atoms with Gasteiger partial charge in [-0.25, -0.2) is 8.78 Å². The molecular weight excluding hydrogens is 268 g/mol. The van der Waals surface area contributed by atoms with Gasteiger partial charge in [-0.15, -0.1) is 0 Å². The highest BCUT2D eigenvalue weighted by Crippen LogP contribution is 2.27. The van der Waals surface area contributed by atoms with E-state index in [4.69, 9.17) is 11.6 Å². The molecule has 1 atom stereocenters. The summed E-state index contributed by atoms with van der Waals surface area (Å²) in [6.07, 6.45) is 0. The maximum atomic E-state index is 13.9. The van der Waals surface area contributed by atoms with Crippen molar-refractivity contribution in [2.75, 3.05) is 7.05 Å². The van der Waals surface area contributed by atoms with Crippen LogP contribution in [0.15, 0.2) is 36.4 Å². The van der Waals surface area contributed by atoms with Crippen molar-refractivity contribution in [3.05, 3.63) is 69.7 Å². The molecular formula is C15H14ClF2N. The summed E-state index contributed by atoms with van der Waals surface area (Å²) in [6, 6.07) is 8.95. The van der Waals surface area contributed by atoms with Crippen molar-refractivity contribution in [1.29, 1.82) is 0 Å². The molecule has 4 heteroatoms. The van der Waals surface area contributed by atoms with Gasteiger partial charge in [0.15, 0.2) is 0 Å². The number of hydrogen-bond donors (Lipinski definition) is 1. The smallest absolute Gasteiger partial charge is 0.142 e. The largest absolute Gasteiger partial charge is 0.309 e. The molecule has 1 nitrogen and oxygen atoms in total. The van der Waals surface area contributed by atoms with Crippen LogP contribution in [0, 0.1) is 18.6 Å². The van der Waals surface area contributed by atoms with Gasteiger partial charge in [-0.2, -0.15) is 0 Å². The molecule has 2 aromatic carbocycles. The minimum Gasteiger partial charge on any atom is -0.309 e. The molecule has 0 saturated heterocycles. The van der Waals surface area contributed by atoms with Crippen LogP contribution in [0.5, 0.6) is 0 Å². The minimum atomic E-state index is -0.507. The van der Waals surface area contributed by atoms with Crippen LogP contribution in [-0.2, 0) is 0 Å². The van der Waals surface area contributed by atoms with E-state index in [1.54, 1.807) is 25.2 Å². The van der Waals surface area contributed by atoms with E-state index in [9.17, 15) is 8.78 Å². The van der Waals surface area contributed by atoms with Crippen LogP contribution in [0.2, 0.25) is 5.02 Å². The van der Waals surface area contributed by atoms with Crippen LogP contribution in [-0.4, -0.2) is 7.05 Å². The molecule has 0 spiro atoms. The lowest BCUT2D eigenvalue weighted by molar-refractivity contribution is 0.571. The Hall–Kier alpha value is -1.45. The molecule has 0 saturated carbocycles. The Morgan fingerprint density at radius 1 is 1.05 bits per heavy atom. The second kappa shape index (κ2) is 5.68. The van der Waals surface area contributed by atoms with Gasteiger partial charge in [-0.1, -0.05) is 35.4 Å². The molecule has 100 valence electrons. The summed E-state index contributed by atoms with van der Waals surface area (Å²) in [5.74, 6) is -0.826. The minimum absolute atomic E-state index is 0.0586. The first kappa shape index (κ1) is 14.0. The molecule has 0 heterocycles. The lowest BCUT2D eigenvalue weighted by Crippen LogP contribution is -2.19. The summed E-state index contributed by atoms with van der Waals surface area (Å²) < 4.78 is 27.4. The van der Waals surface area contributed by atoms with Crippen LogP contribution < -0.4 is 5.32 Å². The number of rotatable bonds is 3. The Morgan fingerprint density at radius 2 is 1.79 bits per heavy atom. The molecule has 2 rings (SSSR count). The molecule has 0 aliphatic heterocycles. The summed E-state index contributed by atoms with van der Waals surface area (Å²) in [4.78, 5) is 0. The number of benzene rings is 2. The molecule has 0 aliphatic carbocycles. The van der Waals surface area contributed by atoms with Gasteiger partial charge in [-0.3, -0.25) is 0 Å². The van der Waals surface area contributed by atoms with Gasteiger partial charge in [0.05, 0.1) is 11.1 Å². The third-order valence-corrected chi connectivity index (χ3v) is 3.33. The SMILES string of the molecule is CNC(c1ccc(Cl)c(F)c1)c1cc(C)ccc1F. The van der Waals surface area contributed by atoms with Gasteiger partial charge < -0.3 is 5.32 Å². The average Bonchev–Trinajstić information content (AvgIpc) is 2.38. The van der Waals surface area contributed by atoms with Crippen LogP contribution >= 0.6 is 11.6 Å². The monoisotopic (exact) mass is 281 g/mol. The van der Waals surface area contributed by atoms with Crippen molar-refractivity contribution in [2.45, 2.75) is 13.0 Å². The van der Waals surface area contributed by atoms with Crippen molar-refractivity contribution in [3.8, 4) is 0 Å².